The van der Waals surface area contributed by atoms with Crippen LogP contribution in [0.5, 0.6) is 0 Å². The first-order valence-corrected chi connectivity index (χ1v) is 5.65. The van der Waals surface area contributed by atoms with Crippen molar-refractivity contribution in [2.45, 2.75) is 53.4 Å². The molecule has 4 atom stereocenters. The van der Waals surface area contributed by atoms with Gasteiger partial charge < -0.3 is 0 Å². The Hall–Kier alpha value is 0. The lowest BCUT2D eigenvalue weighted by molar-refractivity contribution is 0.127. The maximum absolute atomic E-state index is 2.45. The molecule has 0 heteroatoms. The summed E-state index contributed by atoms with van der Waals surface area (Å²) < 4.78 is 0. The Morgan fingerprint density at radius 3 is 1.92 bits per heavy atom. The highest BCUT2D eigenvalue weighted by Gasteiger charge is 2.29. The molecule has 12 heavy (non-hydrogen) atoms. The molecular weight excluding hydrogens is 144 g/mol. The van der Waals surface area contributed by atoms with Crippen LogP contribution in [-0.4, -0.2) is 0 Å². The van der Waals surface area contributed by atoms with Crippen LogP contribution in [0.4, 0.5) is 0 Å². The Balaban J connectivity index is 2.48. The summed E-state index contributed by atoms with van der Waals surface area (Å²) in [6.07, 6.45) is 5.76. The summed E-state index contributed by atoms with van der Waals surface area (Å²) in [7, 11) is 0. The predicted molar refractivity (Wildman–Crippen MR) is 55.1 cm³/mol. The van der Waals surface area contributed by atoms with Crippen molar-refractivity contribution in [3.8, 4) is 0 Å². The number of hydrogen-bond acceptors (Lipinski definition) is 0. The van der Waals surface area contributed by atoms with Crippen molar-refractivity contribution in [1.82, 2.24) is 0 Å². The summed E-state index contributed by atoms with van der Waals surface area (Å²) in [6.45, 7) is 9.63. The van der Waals surface area contributed by atoms with Crippen molar-refractivity contribution in [3.05, 3.63) is 0 Å². The van der Waals surface area contributed by atoms with E-state index in [-0.39, 0.29) is 0 Å². The molecule has 0 amide bonds. The standard InChI is InChI=1S/C12H24/c1-5-6-12-10(3)7-9(2)8-11(12)4/h9-12H,5-8H2,1-4H3/t9?,10-,11?,12?/m0/s1. The van der Waals surface area contributed by atoms with Crippen LogP contribution in [0.3, 0.4) is 0 Å². The molecule has 1 aliphatic rings. The zero-order valence-corrected chi connectivity index (χ0v) is 9.14. The molecule has 0 radical (unpaired) electrons. The van der Waals surface area contributed by atoms with Gasteiger partial charge >= 0.3 is 0 Å². The van der Waals surface area contributed by atoms with Crippen LogP contribution in [0.15, 0.2) is 0 Å². The molecule has 0 aliphatic heterocycles. The molecule has 1 saturated carbocycles. The average Bonchev–Trinajstić information content (AvgIpc) is 1.96. The molecule has 3 unspecified atom stereocenters. The van der Waals surface area contributed by atoms with Crippen molar-refractivity contribution < 1.29 is 0 Å². The molecule has 1 rings (SSSR count). The van der Waals surface area contributed by atoms with Gasteiger partial charge in [-0.05, 0) is 36.5 Å². The second-order valence-corrected chi connectivity index (χ2v) is 4.98. The van der Waals surface area contributed by atoms with Crippen molar-refractivity contribution >= 4 is 0 Å². The summed E-state index contributed by atoms with van der Waals surface area (Å²) in [4.78, 5) is 0. The van der Waals surface area contributed by atoms with Crippen LogP contribution in [-0.2, 0) is 0 Å². The Kier molecular flexibility index (Phi) is 3.61. The normalized spacial score (nSPS) is 43.0. The largest absolute Gasteiger partial charge is 0.0654 e. The van der Waals surface area contributed by atoms with Crippen LogP contribution in [0.25, 0.3) is 0 Å². The third-order valence-corrected chi connectivity index (χ3v) is 3.63. The van der Waals surface area contributed by atoms with Gasteiger partial charge in [-0.25, -0.2) is 0 Å². The Bertz CT molecular complexity index is 116. The monoisotopic (exact) mass is 168 g/mol. The van der Waals surface area contributed by atoms with E-state index in [0.717, 1.165) is 23.7 Å². The average molecular weight is 168 g/mol. The fraction of sp³-hybridized carbons (Fsp3) is 1.00. The van der Waals surface area contributed by atoms with Gasteiger partial charge in [0.15, 0.2) is 0 Å². The van der Waals surface area contributed by atoms with E-state index in [4.69, 9.17) is 0 Å². The van der Waals surface area contributed by atoms with E-state index < -0.39 is 0 Å². The highest BCUT2D eigenvalue weighted by molar-refractivity contribution is 4.80. The summed E-state index contributed by atoms with van der Waals surface area (Å²) in [5, 5.41) is 0. The first-order chi connectivity index (χ1) is 5.65. The van der Waals surface area contributed by atoms with E-state index in [1.165, 1.54) is 25.7 Å². The first kappa shape index (κ1) is 10.1. The maximum Gasteiger partial charge on any atom is -0.0363 e. The fourth-order valence-electron chi connectivity index (χ4n) is 3.18. The summed E-state index contributed by atoms with van der Waals surface area (Å²) >= 11 is 0. The SMILES string of the molecule is CCCC1C(C)CC(C)C[C@@H]1C. The minimum absolute atomic E-state index is 0.975. The molecule has 0 aromatic carbocycles. The van der Waals surface area contributed by atoms with Gasteiger partial charge in [-0.1, -0.05) is 40.5 Å². The van der Waals surface area contributed by atoms with Crippen molar-refractivity contribution in [1.29, 1.82) is 0 Å². The van der Waals surface area contributed by atoms with Crippen molar-refractivity contribution in [2.75, 3.05) is 0 Å². The third-order valence-electron chi connectivity index (χ3n) is 3.63. The molecule has 0 bridgehead atoms. The van der Waals surface area contributed by atoms with Gasteiger partial charge in [0.25, 0.3) is 0 Å². The Labute approximate surface area is 77.7 Å². The highest BCUT2D eigenvalue weighted by atomic mass is 14.4. The van der Waals surface area contributed by atoms with Crippen LogP contribution in [0.2, 0.25) is 0 Å². The lowest BCUT2D eigenvalue weighted by Crippen LogP contribution is -2.28. The van der Waals surface area contributed by atoms with E-state index >= 15 is 0 Å². The summed E-state index contributed by atoms with van der Waals surface area (Å²) in [6, 6.07) is 0. The number of hydrogen-bond donors (Lipinski definition) is 0. The van der Waals surface area contributed by atoms with Gasteiger partial charge in [0.05, 0.1) is 0 Å². The molecule has 0 saturated heterocycles. The third kappa shape index (κ3) is 2.24. The topological polar surface area (TPSA) is 0 Å². The van der Waals surface area contributed by atoms with E-state index in [9.17, 15) is 0 Å². The van der Waals surface area contributed by atoms with E-state index in [1.54, 1.807) is 0 Å². The molecule has 0 aromatic heterocycles. The van der Waals surface area contributed by atoms with Crippen LogP contribution >= 0.6 is 0 Å². The van der Waals surface area contributed by atoms with E-state index in [0.29, 0.717) is 0 Å². The summed E-state index contributed by atoms with van der Waals surface area (Å²) in [5.41, 5.74) is 0. The molecule has 0 heterocycles. The smallest absolute Gasteiger partial charge is 0.0363 e. The van der Waals surface area contributed by atoms with E-state index in [2.05, 4.69) is 27.7 Å². The van der Waals surface area contributed by atoms with Crippen molar-refractivity contribution in [3.63, 3.8) is 0 Å². The molecular formula is C12H24. The lowest BCUT2D eigenvalue weighted by Gasteiger charge is -2.38. The van der Waals surface area contributed by atoms with Gasteiger partial charge in [0.1, 0.15) is 0 Å². The number of rotatable bonds is 2. The predicted octanol–water partition coefficient (Wildman–Crippen LogP) is 4.10. The molecule has 0 nitrogen and oxygen atoms in total. The van der Waals surface area contributed by atoms with E-state index in [1.807, 2.05) is 0 Å². The minimum Gasteiger partial charge on any atom is -0.0654 e. The quantitative estimate of drug-likeness (QED) is 0.582. The zero-order chi connectivity index (χ0) is 9.14. The zero-order valence-electron chi connectivity index (χ0n) is 9.14. The van der Waals surface area contributed by atoms with Crippen LogP contribution in [0, 0.1) is 23.7 Å². The second-order valence-electron chi connectivity index (χ2n) is 4.98. The summed E-state index contributed by atoms with van der Waals surface area (Å²) in [5.74, 6) is 3.95. The molecule has 1 fully saturated rings. The molecule has 0 spiro atoms. The Morgan fingerprint density at radius 2 is 1.50 bits per heavy atom. The van der Waals surface area contributed by atoms with Crippen molar-refractivity contribution in [2.24, 2.45) is 23.7 Å². The Morgan fingerprint density at radius 1 is 1.00 bits per heavy atom. The van der Waals surface area contributed by atoms with Gasteiger partial charge in [-0.2, -0.15) is 0 Å². The minimum atomic E-state index is 0.975. The van der Waals surface area contributed by atoms with Gasteiger partial charge in [0.2, 0.25) is 0 Å². The molecule has 0 N–H and O–H groups in total. The second kappa shape index (κ2) is 4.30. The first-order valence-electron chi connectivity index (χ1n) is 5.65. The fourth-order valence-corrected chi connectivity index (χ4v) is 3.18. The van der Waals surface area contributed by atoms with Crippen LogP contribution < -0.4 is 0 Å². The molecule has 72 valence electrons. The molecule has 1 aliphatic carbocycles. The highest BCUT2D eigenvalue weighted by Crippen LogP contribution is 2.39. The lowest BCUT2D eigenvalue weighted by atomic mass is 9.68. The molecule has 0 aromatic rings. The van der Waals surface area contributed by atoms with Gasteiger partial charge in [-0.15, -0.1) is 0 Å². The maximum atomic E-state index is 2.45. The van der Waals surface area contributed by atoms with Gasteiger partial charge in [-0.3, -0.25) is 0 Å². The van der Waals surface area contributed by atoms with Gasteiger partial charge in [0, 0.05) is 0 Å². The van der Waals surface area contributed by atoms with Crippen LogP contribution in [0.1, 0.15) is 53.4 Å².